The third-order valence-corrected chi connectivity index (χ3v) is 2.77. The lowest BCUT2D eigenvalue weighted by atomic mass is 9.97. The molecule has 0 heterocycles. The number of benzene rings is 1. The van der Waals surface area contributed by atoms with Gasteiger partial charge >= 0.3 is 0 Å². The van der Waals surface area contributed by atoms with Crippen LogP contribution in [-0.2, 0) is 5.60 Å². The van der Waals surface area contributed by atoms with Gasteiger partial charge in [0.15, 0.2) is 11.6 Å². The molecule has 0 radical (unpaired) electrons. The molecule has 0 fully saturated rings. The molecule has 14 heavy (non-hydrogen) atoms. The molecule has 0 aliphatic rings. The van der Waals surface area contributed by atoms with E-state index in [1.807, 2.05) is 0 Å². The molecule has 1 unspecified atom stereocenters. The molecule has 0 saturated heterocycles. The van der Waals surface area contributed by atoms with Gasteiger partial charge in [-0.05, 0) is 13.0 Å². The first-order valence-corrected chi connectivity index (χ1v) is 4.69. The molecule has 1 aromatic carbocycles. The number of halogens is 4. The molecular weight excluding hydrogens is 233 g/mol. The molecule has 1 atom stereocenters. The van der Waals surface area contributed by atoms with Gasteiger partial charge < -0.3 is 5.11 Å². The Hall–Kier alpha value is -0.380. The van der Waals surface area contributed by atoms with Crippen LogP contribution in [0.25, 0.3) is 0 Å². The SMILES string of the molecule is CC(O)(c1cccc(F)c1F)C(Cl)Cl. The van der Waals surface area contributed by atoms with Crippen LogP contribution in [0.4, 0.5) is 8.78 Å². The Morgan fingerprint density at radius 1 is 1.36 bits per heavy atom. The van der Waals surface area contributed by atoms with E-state index in [1.54, 1.807) is 0 Å². The van der Waals surface area contributed by atoms with E-state index in [0.29, 0.717) is 0 Å². The Morgan fingerprint density at radius 2 is 1.93 bits per heavy atom. The van der Waals surface area contributed by atoms with Crippen LogP contribution in [0.15, 0.2) is 18.2 Å². The summed E-state index contributed by atoms with van der Waals surface area (Å²) in [4.78, 5) is -1.24. The zero-order chi connectivity index (χ0) is 10.9. The standard InChI is InChI=1S/C9H8Cl2F2O/c1-9(14,8(10)11)5-3-2-4-6(12)7(5)13/h2-4,8,14H,1H3. The molecule has 5 heteroatoms. The summed E-state index contributed by atoms with van der Waals surface area (Å²) in [5, 5.41) is 9.70. The molecule has 0 aromatic heterocycles. The van der Waals surface area contributed by atoms with Crippen LogP contribution in [0.3, 0.4) is 0 Å². The van der Waals surface area contributed by atoms with Crippen molar-refractivity contribution in [2.24, 2.45) is 0 Å². The molecule has 1 rings (SSSR count). The molecule has 1 N–H and O–H groups in total. The van der Waals surface area contributed by atoms with Gasteiger partial charge in [-0.2, -0.15) is 0 Å². The topological polar surface area (TPSA) is 20.2 Å². The second-order valence-corrected chi connectivity index (χ2v) is 4.15. The van der Waals surface area contributed by atoms with Gasteiger partial charge in [0, 0.05) is 5.56 Å². The molecule has 0 amide bonds. The van der Waals surface area contributed by atoms with E-state index in [1.165, 1.54) is 19.1 Å². The average Bonchev–Trinajstić information content (AvgIpc) is 2.09. The van der Waals surface area contributed by atoms with Gasteiger partial charge in [0.1, 0.15) is 10.4 Å². The van der Waals surface area contributed by atoms with E-state index >= 15 is 0 Å². The number of hydrogen-bond donors (Lipinski definition) is 1. The van der Waals surface area contributed by atoms with Crippen LogP contribution < -0.4 is 0 Å². The van der Waals surface area contributed by atoms with Gasteiger partial charge in [0.2, 0.25) is 0 Å². The number of rotatable bonds is 2. The second-order valence-electron chi connectivity index (χ2n) is 3.05. The van der Waals surface area contributed by atoms with E-state index in [2.05, 4.69) is 0 Å². The summed E-state index contributed by atoms with van der Waals surface area (Å²) in [5.74, 6) is -2.18. The minimum atomic E-state index is -1.81. The summed E-state index contributed by atoms with van der Waals surface area (Å²) in [7, 11) is 0. The van der Waals surface area contributed by atoms with Crippen molar-refractivity contribution in [3.63, 3.8) is 0 Å². The van der Waals surface area contributed by atoms with Crippen LogP contribution in [0, 0.1) is 11.6 Å². The van der Waals surface area contributed by atoms with Crippen molar-refractivity contribution in [1.29, 1.82) is 0 Å². The van der Waals surface area contributed by atoms with Gasteiger partial charge in [-0.25, -0.2) is 8.78 Å². The molecular formula is C9H8Cl2F2O. The van der Waals surface area contributed by atoms with Crippen LogP contribution >= 0.6 is 23.2 Å². The third kappa shape index (κ3) is 2.00. The predicted molar refractivity (Wildman–Crippen MR) is 51.4 cm³/mol. The average molecular weight is 241 g/mol. The molecule has 0 aliphatic heterocycles. The molecule has 0 bridgehead atoms. The van der Waals surface area contributed by atoms with Crippen LogP contribution in [-0.4, -0.2) is 9.94 Å². The first-order chi connectivity index (χ1) is 6.37. The summed E-state index contributed by atoms with van der Waals surface area (Å²) in [6, 6.07) is 3.46. The van der Waals surface area contributed by atoms with E-state index in [0.717, 1.165) is 6.07 Å². The maximum absolute atomic E-state index is 13.2. The summed E-state index contributed by atoms with van der Waals surface area (Å²) in [6.45, 7) is 1.22. The number of aliphatic hydroxyl groups is 1. The first-order valence-electron chi connectivity index (χ1n) is 3.82. The van der Waals surface area contributed by atoms with Crippen LogP contribution in [0.2, 0.25) is 0 Å². The second kappa shape index (κ2) is 4.01. The van der Waals surface area contributed by atoms with E-state index in [4.69, 9.17) is 23.2 Å². The first kappa shape index (κ1) is 11.7. The highest BCUT2D eigenvalue weighted by molar-refractivity contribution is 6.45. The number of alkyl halides is 2. The maximum atomic E-state index is 13.2. The monoisotopic (exact) mass is 240 g/mol. The van der Waals surface area contributed by atoms with Gasteiger partial charge in [0.25, 0.3) is 0 Å². The fourth-order valence-electron chi connectivity index (χ4n) is 1.01. The van der Waals surface area contributed by atoms with Crippen molar-refractivity contribution in [3.05, 3.63) is 35.4 Å². The molecule has 1 aromatic rings. The van der Waals surface area contributed by atoms with Crippen molar-refractivity contribution in [3.8, 4) is 0 Å². The zero-order valence-corrected chi connectivity index (χ0v) is 8.78. The van der Waals surface area contributed by atoms with Gasteiger partial charge in [0.05, 0.1) is 0 Å². The van der Waals surface area contributed by atoms with E-state index in [-0.39, 0.29) is 5.56 Å². The van der Waals surface area contributed by atoms with Gasteiger partial charge in [-0.1, -0.05) is 12.1 Å². The molecule has 0 saturated carbocycles. The minimum Gasteiger partial charge on any atom is -0.382 e. The summed E-state index contributed by atoms with van der Waals surface area (Å²) in [5.41, 5.74) is -2.07. The van der Waals surface area contributed by atoms with Crippen molar-refractivity contribution in [2.45, 2.75) is 17.4 Å². The van der Waals surface area contributed by atoms with E-state index in [9.17, 15) is 13.9 Å². The lowest BCUT2D eigenvalue weighted by molar-refractivity contribution is 0.0673. The minimum absolute atomic E-state index is 0.257. The summed E-state index contributed by atoms with van der Waals surface area (Å²) in [6.07, 6.45) is 0. The largest absolute Gasteiger partial charge is 0.382 e. The predicted octanol–water partition coefficient (Wildman–Crippen LogP) is 2.98. The van der Waals surface area contributed by atoms with Crippen LogP contribution in [0.5, 0.6) is 0 Å². The Labute approximate surface area is 90.3 Å². The Kier molecular flexibility index (Phi) is 3.35. The van der Waals surface area contributed by atoms with Crippen molar-refractivity contribution < 1.29 is 13.9 Å². The highest BCUT2D eigenvalue weighted by Crippen LogP contribution is 2.32. The number of hydrogen-bond acceptors (Lipinski definition) is 1. The van der Waals surface area contributed by atoms with Crippen molar-refractivity contribution >= 4 is 23.2 Å². The fraction of sp³-hybridized carbons (Fsp3) is 0.333. The van der Waals surface area contributed by atoms with E-state index < -0.39 is 22.1 Å². The molecule has 78 valence electrons. The smallest absolute Gasteiger partial charge is 0.164 e. The zero-order valence-electron chi connectivity index (χ0n) is 7.27. The maximum Gasteiger partial charge on any atom is 0.164 e. The summed E-state index contributed by atoms with van der Waals surface area (Å²) >= 11 is 10.9. The van der Waals surface area contributed by atoms with Crippen molar-refractivity contribution in [1.82, 2.24) is 0 Å². The van der Waals surface area contributed by atoms with Crippen molar-refractivity contribution in [2.75, 3.05) is 0 Å². The Bertz CT molecular complexity index is 340. The quantitative estimate of drug-likeness (QED) is 0.789. The van der Waals surface area contributed by atoms with Crippen LogP contribution in [0.1, 0.15) is 12.5 Å². The molecule has 0 aliphatic carbocycles. The third-order valence-electron chi connectivity index (χ3n) is 1.92. The lowest BCUT2D eigenvalue weighted by Gasteiger charge is -2.25. The normalized spacial score (nSPS) is 15.6. The molecule has 0 spiro atoms. The van der Waals surface area contributed by atoms with Gasteiger partial charge in [-0.15, -0.1) is 23.2 Å². The van der Waals surface area contributed by atoms with Gasteiger partial charge in [-0.3, -0.25) is 0 Å². The fourth-order valence-corrected chi connectivity index (χ4v) is 1.25. The Balaban J connectivity index is 3.26. The highest BCUT2D eigenvalue weighted by Gasteiger charge is 2.34. The summed E-state index contributed by atoms with van der Waals surface area (Å²) < 4.78 is 26.0. The highest BCUT2D eigenvalue weighted by atomic mass is 35.5. The Morgan fingerprint density at radius 3 is 2.43 bits per heavy atom. The lowest BCUT2D eigenvalue weighted by Crippen LogP contribution is -2.30. The molecule has 1 nitrogen and oxygen atoms in total.